The Balaban J connectivity index is 2.29. The van der Waals surface area contributed by atoms with Gasteiger partial charge < -0.3 is 5.32 Å². The van der Waals surface area contributed by atoms with Crippen LogP contribution < -0.4 is 10.0 Å². The zero-order valence-electron chi connectivity index (χ0n) is 11.6. The first-order chi connectivity index (χ1) is 9.45. The minimum Gasteiger partial charge on any atom is -0.315 e. The molecule has 2 rings (SSSR count). The number of sulfonamides is 1. The predicted octanol–water partition coefficient (Wildman–Crippen LogP) is 2.88. The van der Waals surface area contributed by atoms with Crippen LogP contribution in [0.25, 0.3) is 0 Å². The van der Waals surface area contributed by atoms with E-state index in [1.807, 2.05) is 43.1 Å². The summed E-state index contributed by atoms with van der Waals surface area (Å²) in [5, 5.41) is 8.80. The first kappa shape index (κ1) is 15.7. The van der Waals surface area contributed by atoms with Crippen LogP contribution in [0.2, 0.25) is 0 Å². The minimum absolute atomic E-state index is 0.229. The van der Waals surface area contributed by atoms with Crippen LogP contribution in [0, 0.1) is 6.92 Å². The average molecular weight is 330 g/mol. The molecular formula is C13H18N2O2S3. The van der Waals surface area contributed by atoms with Crippen molar-refractivity contribution in [1.29, 1.82) is 0 Å². The number of thiophene rings is 2. The Hall–Kier alpha value is -0.730. The van der Waals surface area contributed by atoms with Crippen molar-refractivity contribution in [3.8, 4) is 0 Å². The number of aryl methyl sites for hydroxylation is 1. The van der Waals surface area contributed by atoms with Crippen molar-refractivity contribution in [2.45, 2.75) is 31.3 Å². The summed E-state index contributed by atoms with van der Waals surface area (Å²) in [7, 11) is -1.69. The lowest BCUT2D eigenvalue weighted by Crippen LogP contribution is -2.28. The molecule has 1 atom stereocenters. The molecule has 0 fully saturated rings. The molecule has 0 spiro atoms. The summed E-state index contributed by atoms with van der Waals surface area (Å²) in [4.78, 5) is 1.26. The van der Waals surface area contributed by atoms with E-state index in [0.29, 0.717) is 11.4 Å². The second-order valence-corrected chi connectivity index (χ2v) is 8.00. The van der Waals surface area contributed by atoms with E-state index in [2.05, 4.69) is 10.0 Å². The first-order valence-corrected chi connectivity index (χ1v) is 9.52. The van der Waals surface area contributed by atoms with E-state index in [1.165, 1.54) is 11.3 Å². The van der Waals surface area contributed by atoms with E-state index < -0.39 is 10.0 Å². The van der Waals surface area contributed by atoms with E-state index in [-0.39, 0.29) is 6.04 Å². The number of rotatable bonds is 6. The molecule has 2 N–H and O–H groups in total. The highest BCUT2D eigenvalue weighted by Crippen LogP contribution is 2.28. The fraction of sp³-hybridized carbons (Fsp3) is 0.385. The largest absolute Gasteiger partial charge is 0.315 e. The van der Waals surface area contributed by atoms with Crippen LogP contribution in [0.3, 0.4) is 0 Å². The lowest BCUT2D eigenvalue weighted by atomic mass is 10.2. The topological polar surface area (TPSA) is 58.2 Å². The summed E-state index contributed by atoms with van der Waals surface area (Å²) in [5.41, 5.74) is 1.78. The smallest absolute Gasteiger partial charge is 0.242 e. The summed E-state index contributed by atoms with van der Waals surface area (Å²) in [5.74, 6) is 0. The molecule has 0 aliphatic rings. The van der Waals surface area contributed by atoms with Gasteiger partial charge in [0.15, 0.2) is 0 Å². The monoisotopic (exact) mass is 330 g/mol. The van der Waals surface area contributed by atoms with Crippen LogP contribution in [0.4, 0.5) is 0 Å². The molecule has 2 aromatic heterocycles. The van der Waals surface area contributed by atoms with Gasteiger partial charge in [-0.1, -0.05) is 0 Å². The van der Waals surface area contributed by atoms with E-state index in [9.17, 15) is 8.42 Å². The summed E-state index contributed by atoms with van der Waals surface area (Å²) in [6, 6.07) is 1.71. The highest BCUT2D eigenvalue weighted by molar-refractivity contribution is 7.89. The zero-order chi connectivity index (χ0) is 14.8. The molecule has 4 nitrogen and oxygen atoms in total. The van der Waals surface area contributed by atoms with Crippen molar-refractivity contribution < 1.29 is 8.42 Å². The standard InChI is InChI=1S/C13H18N2O2S3/c1-9-7-19-12(6-14-3)13(9)20(16,17)15-10(2)11-4-5-18-8-11/h4-5,7-8,10,14-15H,6H2,1-3H3. The molecule has 0 saturated heterocycles. The molecule has 7 heteroatoms. The summed E-state index contributed by atoms with van der Waals surface area (Å²) in [6.07, 6.45) is 0. The lowest BCUT2D eigenvalue weighted by Gasteiger charge is -2.14. The predicted molar refractivity (Wildman–Crippen MR) is 84.9 cm³/mol. The third-order valence-electron chi connectivity index (χ3n) is 2.97. The lowest BCUT2D eigenvalue weighted by molar-refractivity contribution is 0.565. The molecule has 0 aliphatic carbocycles. The third-order valence-corrected chi connectivity index (χ3v) is 6.68. The maximum atomic E-state index is 12.6. The normalized spacial score (nSPS) is 13.6. The maximum absolute atomic E-state index is 12.6. The van der Waals surface area contributed by atoms with E-state index in [0.717, 1.165) is 16.0 Å². The number of hydrogen-bond donors (Lipinski definition) is 2. The fourth-order valence-electron chi connectivity index (χ4n) is 2.01. The van der Waals surface area contributed by atoms with E-state index in [1.54, 1.807) is 11.3 Å². The summed E-state index contributed by atoms with van der Waals surface area (Å²) < 4.78 is 27.9. The minimum atomic E-state index is -3.50. The molecule has 1 unspecified atom stereocenters. The van der Waals surface area contributed by atoms with Gasteiger partial charge in [0.25, 0.3) is 0 Å². The van der Waals surface area contributed by atoms with Crippen LogP contribution in [-0.2, 0) is 16.6 Å². The quantitative estimate of drug-likeness (QED) is 0.856. The summed E-state index contributed by atoms with van der Waals surface area (Å²) >= 11 is 3.04. The number of nitrogens with one attached hydrogen (secondary N) is 2. The van der Waals surface area contributed by atoms with Gasteiger partial charge in [0.2, 0.25) is 10.0 Å². The molecular weight excluding hydrogens is 312 g/mol. The van der Waals surface area contributed by atoms with Crippen molar-refractivity contribution in [2.75, 3.05) is 7.05 Å². The molecule has 2 aromatic rings. The van der Waals surface area contributed by atoms with Gasteiger partial charge in [-0.25, -0.2) is 13.1 Å². The zero-order valence-corrected chi connectivity index (χ0v) is 14.1. The first-order valence-electron chi connectivity index (χ1n) is 6.21. The Labute approximate surface area is 127 Å². The molecule has 110 valence electrons. The third kappa shape index (κ3) is 3.29. The Morgan fingerprint density at radius 3 is 2.70 bits per heavy atom. The Morgan fingerprint density at radius 2 is 2.10 bits per heavy atom. The van der Waals surface area contributed by atoms with Gasteiger partial charge in [0.05, 0.1) is 0 Å². The van der Waals surface area contributed by atoms with Crippen molar-refractivity contribution >= 4 is 32.7 Å². The number of hydrogen-bond acceptors (Lipinski definition) is 5. The highest BCUT2D eigenvalue weighted by atomic mass is 32.2. The molecule has 0 amide bonds. The Morgan fingerprint density at radius 1 is 1.35 bits per heavy atom. The highest BCUT2D eigenvalue weighted by Gasteiger charge is 2.25. The van der Waals surface area contributed by atoms with Crippen LogP contribution in [0.1, 0.15) is 29.0 Å². The van der Waals surface area contributed by atoms with Gasteiger partial charge in [0, 0.05) is 17.5 Å². The van der Waals surface area contributed by atoms with Crippen LogP contribution in [0.5, 0.6) is 0 Å². The average Bonchev–Trinajstić information content (AvgIpc) is 2.99. The van der Waals surface area contributed by atoms with Crippen molar-refractivity contribution in [1.82, 2.24) is 10.0 Å². The van der Waals surface area contributed by atoms with Crippen molar-refractivity contribution in [3.05, 3.63) is 38.2 Å². The van der Waals surface area contributed by atoms with Gasteiger partial charge in [-0.15, -0.1) is 11.3 Å². The molecule has 0 radical (unpaired) electrons. The SMILES string of the molecule is CNCc1scc(C)c1S(=O)(=O)NC(C)c1ccsc1. The van der Waals surface area contributed by atoms with Gasteiger partial charge >= 0.3 is 0 Å². The molecule has 0 aromatic carbocycles. The molecule has 2 heterocycles. The van der Waals surface area contributed by atoms with Gasteiger partial charge in [0.1, 0.15) is 4.90 Å². The molecule has 0 bridgehead atoms. The van der Waals surface area contributed by atoms with Gasteiger partial charge in [-0.05, 0) is 54.2 Å². The van der Waals surface area contributed by atoms with Crippen LogP contribution in [0.15, 0.2) is 27.1 Å². The van der Waals surface area contributed by atoms with Gasteiger partial charge in [-0.3, -0.25) is 0 Å². The maximum Gasteiger partial charge on any atom is 0.242 e. The van der Waals surface area contributed by atoms with Crippen molar-refractivity contribution in [2.24, 2.45) is 0 Å². The Bertz CT molecular complexity index is 660. The second kappa shape index (κ2) is 6.36. The van der Waals surface area contributed by atoms with Crippen LogP contribution >= 0.6 is 22.7 Å². The fourth-order valence-corrected chi connectivity index (χ4v) is 5.82. The molecule has 20 heavy (non-hydrogen) atoms. The van der Waals surface area contributed by atoms with Gasteiger partial charge in [-0.2, -0.15) is 11.3 Å². The molecule has 0 saturated carbocycles. The molecule has 0 aliphatic heterocycles. The van der Waals surface area contributed by atoms with Crippen LogP contribution in [-0.4, -0.2) is 15.5 Å². The van der Waals surface area contributed by atoms with E-state index >= 15 is 0 Å². The van der Waals surface area contributed by atoms with Crippen molar-refractivity contribution in [3.63, 3.8) is 0 Å². The summed E-state index contributed by atoms with van der Waals surface area (Å²) in [6.45, 7) is 4.25. The Kier molecular flexibility index (Phi) is 4.98. The van der Waals surface area contributed by atoms with E-state index in [4.69, 9.17) is 0 Å². The second-order valence-electron chi connectivity index (χ2n) is 4.60.